The number of benzene rings is 1. The van der Waals surface area contributed by atoms with E-state index in [-0.39, 0.29) is 0 Å². The first-order valence-corrected chi connectivity index (χ1v) is 15.9. The van der Waals surface area contributed by atoms with Gasteiger partial charge in [0.25, 0.3) is 0 Å². The van der Waals surface area contributed by atoms with E-state index in [2.05, 4.69) is 82.2 Å². The molecule has 0 atom stereocenters. The number of piperazine rings is 1. The van der Waals surface area contributed by atoms with Crippen LogP contribution in [0.25, 0.3) is 0 Å². The molecule has 0 bridgehead atoms. The maximum Gasteiger partial charge on any atom is 0.226 e. The van der Waals surface area contributed by atoms with Crippen molar-refractivity contribution in [3.05, 3.63) is 41.5 Å². The SMILES string of the molecule is CCCN1CCN(c2cc(NCC(C)C)nc(NCc3ccc(CNCCCNC4CCCCC4)cc3)n2)CC1. The molecule has 0 radical (unpaired) electrons. The van der Waals surface area contributed by atoms with Crippen LogP contribution in [0.1, 0.15) is 76.8 Å². The van der Waals surface area contributed by atoms with Crippen molar-refractivity contribution in [3.8, 4) is 0 Å². The summed E-state index contributed by atoms with van der Waals surface area (Å²) in [5.74, 6) is 3.15. The van der Waals surface area contributed by atoms with Crippen LogP contribution in [0.4, 0.5) is 17.6 Å². The van der Waals surface area contributed by atoms with Crippen molar-refractivity contribution in [2.45, 2.75) is 84.8 Å². The molecule has 1 saturated heterocycles. The van der Waals surface area contributed by atoms with Crippen molar-refractivity contribution in [1.82, 2.24) is 25.5 Å². The van der Waals surface area contributed by atoms with Crippen LogP contribution in [0.5, 0.6) is 0 Å². The van der Waals surface area contributed by atoms with Crippen LogP contribution in [0.3, 0.4) is 0 Å². The molecular weight excluding hydrogens is 496 g/mol. The molecule has 0 unspecified atom stereocenters. The van der Waals surface area contributed by atoms with Crippen LogP contribution < -0.4 is 26.2 Å². The van der Waals surface area contributed by atoms with Crippen molar-refractivity contribution >= 4 is 17.6 Å². The zero-order valence-corrected chi connectivity index (χ0v) is 25.4. The molecule has 0 spiro atoms. The fraction of sp³-hybridized carbons (Fsp3) is 0.688. The van der Waals surface area contributed by atoms with Gasteiger partial charge in [-0.3, -0.25) is 4.90 Å². The van der Waals surface area contributed by atoms with E-state index in [0.717, 1.165) is 70.0 Å². The van der Waals surface area contributed by atoms with Gasteiger partial charge in [-0.2, -0.15) is 9.97 Å². The standard InChI is InChI=1S/C32H54N8/c1-4-17-39-18-20-40(21-19-39)31-22-30(35-23-26(2)3)37-32(38-31)36-25-28-13-11-27(12-14-28)24-33-15-8-16-34-29-9-6-5-7-10-29/h11-14,22,26,29,33-34H,4-10,15-21,23-25H2,1-3H3,(H2,35,36,37,38). The van der Waals surface area contributed by atoms with Crippen LogP contribution in [-0.2, 0) is 13.1 Å². The molecule has 1 aliphatic carbocycles. The van der Waals surface area contributed by atoms with Gasteiger partial charge in [-0.15, -0.1) is 0 Å². The second-order valence-corrected chi connectivity index (χ2v) is 12.0. The smallest absolute Gasteiger partial charge is 0.226 e. The van der Waals surface area contributed by atoms with E-state index in [4.69, 9.17) is 9.97 Å². The molecule has 40 heavy (non-hydrogen) atoms. The minimum absolute atomic E-state index is 0.554. The lowest BCUT2D eigenvalue weighted by molar-refractivity contribution is 0.258. The Morgan fingerprint density at radius 2 is 1.60 bits per heavy atom. The highest BCUT2D eigenvalue weighted by Crippen LogP contribution is 2.21. The summed E-state index contributed by atoms with van der Waals surface area (Å²) in [6.07, 6.45) is 9.32. The highest BCUT2D eigenvalue weighted by atomic mass is 15.3. The Balaban J connectivity index is 1.23. The molecule has 4 rings (SSSR count). The third-order valence-electron chi connectivity index (χ3n) is 8.01. The highest BCUT2D eigenvalue weighted by molar-refractivity contribution is 5.54. The highest BCUT2D eigenvalue weighted by Gasteiger charge is 2.19. The second kappa shape index (κ2) is 16.7. The van der Waals surface area contributed by atoms with Gasteiger partial charge in [-0.25, -0.2) is 0 Å². The van der Waals surface area contributed by atoms with E-state index in [1.807, 2.05) is 0 Å². The number of hydrogen-bond donors (Lipinski definition) is 4. The first kappa shape index (κ1) is 30.5. The third kappa shape index (κ3) is 10.5. The van der Waals surface area contributed by atoms with Gasteiger partial charge in [0.05, 0.1) is 0 Å². The van der Waals surface area contributed by atoms with Crippen molar-refractivity contribution in [3.63, 3.8) is 0 Å². The van der Waals surface area contributed by atoms with Gasteiger partial charge in [0, 0.05) is 57.9 Å². The summed E-state index contributed by atoms with van der Waals surface area (Å²) in [6, 6.07) is 11.7. The molecule has 1 aliphatic heterocycles. The molecule has 2 fully saturated rings. The molecule has 0 amide bonds. The largest absolute Gasteiger partial charge is 0.370 e. The Morgan fingerprint density at radius 1 is 0.875 bits per heavy atom. The first-order valence-electron chi connectivity index (χ1n) is 15.9. The van der Waals surface area contributed by atoms with Crippen LogP contribution in [-0.4, -0.2) is 73.3 Å². The van der Waals surface area contributed by atoms with E-state index in [9.17, 15) is 0 Å². The average Bonchev–Trinajstić information content (AvgIpc) is 2.98. The zero-order chi connectivity index (χ0) is 28.0. The molecule has 8 heteroatoms. The summed E-state index contributed by atoms with van der Waals surface area (Å²) in [6.45, 7) is 16.8. The quantitative estimate of drug-likeness (QED) is 0.215. The lowest BCUT2D eigenvalue weighted by Crippen LogP contribution is -2.46. The van der Waals surface area contributed by atoms with Crippen molar-refractivity contribution in [1.29, 1.82) is 0 Å². The molecule has 4 N–H and O–H groups in total. The van der Waals surface area contributed by atoms with Gasteiger partial charge in [0.2, 0.25) is 5.95 Å². The van der Waals surface area contributed by atoms with E-state index in [0.29, 0.717) is 18.4 Å². The number of anilines is 3. The van der Waals surface area contributed by atoms with Gasteiger partial charge in [-0.05, 0) is 62.4 Å². The monoisotopic (exact) mass is 550 g/mol. The van der Waals surface area contributed by atoms with Gasteiger partial charge in [0.1, 0.15) is 11.6 Å². The number of nitrogens with zero attached hydrogens (tertiary/aromatic N) is 4. The first-order chi connectivity index (χ1) is 19.6. The van der Waals surface area contributed by atoms with Crippen LogP contribution in [0.2, 0.25) is 0 Å². The van der Waals surface area contributed by atoms with Crippen LogP contribution in [0.15, 0.2) is 30.3 Å². The fourth-order valence-electron chi connectivity index (χ4n) is 5.61. The molecular formula is C32H54N8. The van der Waals surface area contributed by atoms with E-state index >= 15 is 0 Å². The topological polar surface area (TPSA) is 80.4 Å². The molecule has 8 nitrogen and oxygen atoms in total. The maximum absolute atomic E-state index is 4.91. The zero-order valence-electron chi connectivity index (χ0n) is 25.4. The van der Waals surface area contributed by atoms with Crippen molar-refractivity contribution in [2.75, 3.05) is 67.9 Å². The Bertz CT molecular complexity index is 965. The average molecular weight is 551 g/mol. The molecule has 1 aromatic heterocycles. The van der Waals surface area contributed by atoms with Gasteiger partial charge >= 0.3 is 0 Å². The van der Waals surface area contributed by atoms with Crippen molar-refractivity contribution < 1.29 is 0 Å². The predicted octanol–water partition coefficient (Wildman–Crippen LogP) is 5.09. The summed E-state index contributed by atoms with van der Waals surface area (Å²) < 4.78 is 0. The number of rotatable bonds is 16. The van der Waals surface area contributed by atoms with E-state index in [1.54, 1.807) is 0 Å². The molecule has 1 aromatic carbocycles. The number of hydrogen-bond acceptors (Lipinski definition) is 8. The second-order valence-electron chi connectivity index (χ2n) is 12.0. The molecule has 2 aliphatic rings. The summed E-state index contributed by atoms with van der Waals surface area (Å²) in [4.78, 5) is 14.6. The summed E-state index contributed by atoms with van der Waals surface area (Å²) >= 11 is 0. The Morgan fingerprint density at radius 3 is 2.30 bits per heavy atom. The third-order valence-corrected chi connectivity index (χ3v) is 8.01. The van der Waals surface area contributed by atoms with Gasteiger partial charge in [0.15, 0.2) is 0 Å². The summed E-state index contributed by atoms with van der Waals surface area (Å²) in [5.41, 5.74) is 2.56. The van der Waals surface area contributed by atoms with Crippen LogP contribution in [0, 0.1) is 5.92 Å². The summed E-state index contributed by atoms with van der Waals surface area (Å²) in [7, 11) is 0. The van der Waals surface area contributed by atoms with E-state index < -0.39 is 0 Å². The maximum atomic E-state index is 4.91. The molecule has 222 valence electrons. The minimum Gasteiger partial charge on any atom is -0.370 e. The van der Waals surface area contributed by atoms with Gasteiger partial charge in [-0.1, -0.05) is 64.3 Å². The molecule has 2 aromatic rings. The normalized spacial score (nSPS) is 16.9. The molecule has 1 saturated carbocycles. The lowest BCUT2D eigenvalue weighted by atomic mass is 9.95. The van der Waals surface area contributed by atoms with E-state index in [1.165, 1.54) is 62.6 Å². The fourth-order valence-corrected chi connectivity index (χ4v) is 5.61. The van der Waals surface area contributed by atoms with Gasteiger partial charge < -0.3 is 26.2 Å². The number of nitrogens with one attached hydrogen (secondary N) is 4. The Hall–Kier alpha value is -2.42. The van der Waals surface area contributed by atoms with Crippen molar-refractivity contribution in [2.24, 2.45) is 5.92 Å². The predicted molar refractivity (Wildman–Crippen MR) is 169 cm³/mol. The van der Waals surface area contributed by atoms with Crippen LogP contribution >= 0.6 is 0 Å². The number of aromatic nitrogens is 2. The minimum atomic E-state index is 0.554. The summed E-state index contributed by atoms with van der Waals surface area (Å²) in [5, 5.41) is 14.3. The Kier molecular flexibility index (Phi) is 12.8. The lowest BCUT2D eigenvalue weighted by Gasteiger charge is -2.35. The molecule has 2 heterocycles. The Labute approximate surface area is 243 Å².